The van der Waals surface area contributed by atoms with Crippen LogP contribution in [0.5, 0.6) is 0 Å². The van der Waals surface area contributed by atoms with Crippen LogP contribution in [-0.2, 0) is 71.2 Å². The molecule has 0 aromatic heterocycles. The second-order valence-corrected chi connectivity index (χ2v) is 24.6. The summed E-state index contributed by atoms with van der Waals surface area (Å²) in [6, 6.07) is 8.66. The molecule has 5 saturated heterocycles. The van der Waals surface area contributed by atoms with Gasteiger partial charge in [-0.2, -0.15) is 0 Å². The molecule has 3 saturated carbocycles. The molecule has 5 heterocycles. The molecule has 1 aromatic rings. The van der Waals surface area contributed by atoms with Gasteiger partial charge >= 0.3 is 11.9 Å². The molecule has 8 fully saturated rings. The Morgan fingerprint density at radius 2 is 1.33 bits per heavy atom. The SMILES string of the molecule is C/C=C(\C)C(=O)O[C@@H]1[C@@H](OC(=O)c2ccccc2)[C@]2(C)[C@@H](C(C)=O)CC[C@@]23O[C@]32CC=C3C[C@@H](O[C@H]4C[C@@H](OC)C(O[C@@H]5OC(C)C(O[C@@H]6OC(CO)C(O[C@@H]7OC(CO)C(O)[C@H](O)C7O)[C@H](O)C6O)[C@H](OC)C5O)C(C)O4)CC[C@]3(C)[C@@H]12. The predicted octanol–water partition coefficient (Wildman–Crippen LogP) is 0.804. The summed E-state index contributed by atoms with van der Waals surface area (Å²) in [5.74, 6) is -2.14. The van der Waals surface area contributed by atoms with Crippen LogP contribution in [0.3, 0.4) is 0 Å². The summed E-state index contributed by atoms with van der Waals surface area (Å²) in [6.07, 6.45) is -20.5. The van der Waals surface area contributed by atoms with Gasteiger partial charge in [0.15, 0.2) is 25.2 Å². The number of rotatable bonds is 17. The maximum absolute atomic E-state index is 14.2. The first-order chi connectivity index (χ1) is 39.5. The molecule has 464 valence electrons. The zero-order valence-electron chi connectivity index (χ0n) is 48.4. The Balaban J connectivity index is 0.800. The van der Waals surface area contributed by atoms with Crippen molar-refractivity contribution in [3.63, 3.8) is 0 Å². The maximum Gasteiger partial charge on any atom is 0.338 e. The predicted molar refractivity (Wildman–Crippen MR) is 283 cm³/mol. The van der Waals surface area contributed by atoms with Gasteiger partial charge < -0.3 is 102 Å². The average molecular weight is 1180 g/mol. The number of benzene rings is 1. The Morgan fingerprint density at radius 3 is 1.98 bits per heavy atom. The summed E-state index contributed by atoms with van der Waals surface area (Å²) in [7, 11) is 2.86. The van der Waals surface area contributed by atoms with Crippen molar-refractivity contribution in [2.75, 3.05) is 27.4 Å². The molecule has 9 aliphatic rings. The number of epoxide rings is 1. The first-order valence-electron chi connectivity index (χ1n) is 29.1. The normalized spacial score (nSPS) is 48.6. The number of carbonyl (C=O) groups is 3. The Bertz CT molecular complexity index is 2550. The number of carbonyl (C=O) groups excluding carboxylic acids is 3. The van der Waals surface area contributed by atoms with E-state index in [1.807, 2.05) is 13.0 Å². The van der Waals surface area contributed by atoms with E-state index in [4.69, 9.17) is 61.6 Å². The Morgan fingerprint density at radius 1 is 0.687 bits per heavy atom. The molecule has 83 heavy (non-hydrogen) atoms. The Labute approximate surface area is 482 Å². The first-order valence-corrected chi connectivity index (χ1v) is 29.1. The molecule has 10 rings (SSSR count). The molecule has 0 bridgehead atoms. The summed E-state index contributed by atoms with van der Waals surface area (Å²) >= 11 is 0. The summed E-state index contributed by atoms with van der Waals surface area (Å²) < 4.78 is 81.3. The molecule has 11 unspecified atom stereocenters. The van der Waals surface area contributed by atoms with Gasteiger partial charge in [0.25, 0.3) is 0 Å². The van der Waals surface area contributed by atoms with Gasteiger partial charge in [-0.15, -0.1) is 0 Å². The number of ketones is 1. The lowest BCUT2D eigenvalue weighted by Gasteiger charge is -2.59. The zero-order chi connectivity index (χ0) is 59.8. The van der Waals surface area contributed by atoms with Crippen LogP contribution in [0.2, 0.25) is 0 Å². The number of methoxy groups -OCH3 is 2. The van der Waals surface area contributed by atoms with Crippen LogP contribution in [0, 0.1) is 22.7 Å². The number of allylic oxidation sites excluding steroid dienone is 1. The van der Waals surface area contributed by atoms with Crippen molar-refractivity contribution < 1.29 is 117 Å². The standard InChI is InChI=1S/C59H84O24/c1-10-26(2)51(69)78-48-49-56(6)19-17-32(22-31(56)16-20-58(49)59(83-58)21-18-33(27(3)62)57(59,7)50(48)82-52(70)30-14-12-11-13-15-30)75-37-23-34(71-8)44(28(4)73-37)79-55-43(68)47(72-9)45(29(5)74-55)80-54-42(67)40(65)46(36(25-61)77-54)81-53-41(66)39(64)38(63)35(24-60)76-53/h10-16,28-29,32-50,53-55,60-61,63-68H,17-25H2,1-9H3/b26-10+/t28?,29?,32-,33+,34+,35?,36?,37-,38?,39-,40+,41?,42?,43?,44?,45?,46?,47+,48-,49+,50+,53-,54-,55-,56-,57-,58-,59+/m0/s1. The largest absolute Gasteiger partial charge is 0.455 e. The van der Waals surface area contributed by atoms with E-state index < -0.39 is 188 Å². The number of aliphatic hydroxyl groups is 8. The van der Waals surface area contributed by atoms with Crippen LogP contribution in [0.4, 0.5) is 0 Å². The molecule has 4 aliphatic carbocycles. The lowest BCUT2D eigenvalue weighted by molar-refractivity contribution is -0.384. The topological polar surface area (TPSA) is 336 Å². The van der Waals surface area contributed by atoms with Gasteiger partial charge in [-0.25, -0.2) is 9.59 Å². The molecule has 8 N–H and O–H groups in total. The third-order valence-electron chi connectivity index (χ3n) is 20.2. The van der Waals surface area contributed by atoms with Crippen molar-refractivity contribution in [1.82, 2.24) is 0 Å². The van der Waals surface area contributed by atoms with Crippen LogP contribution < -0.4 is 0 Å². The van der Waals surface area contributed by atoms with E-state index in [0.717, 1.165) is 5.57 Å². The lowest BCUT2D eigenvalue weighted by atomic mass is 9.45. The third-order valence-corrected chi connectivity index (χ3v) is 20.2. The molecule has 24 nitrogen and oxygen atoms in total. The van der Waals surface area contributed by atoms with Crippen LogP contribution in [0.25, 0.3) is 0 Å². The molecule has 24 heteroatoms. The van der Waals surface area contributed by atoms with E-state index in [-0.39, 0.29) is 18.3 Å². The molecule has 1 aromatic carbocycles. The summed E-state index contributed by atoms with van der Waals surface area (Å²) in [5, 5.41) is 85.3. The number of hydrogen-bond donors (Lipinski definition) is 8. The quantitative estimate of drug-likeness (QED) is 0.0463. The minimum atomic E-state index is -1.86. The van der Waals surface area contributed by atoms with Crippen LogP contribution >= 0.6 is 0 Å². The fourth-order valence-corrected chi connectivity index (χ4v) is 15.6. The summed E-state index contributed by atoms with van der Waals surface area (Å²) in [5.41, 5.74) is -1.45. The highest BCUT2D eigenvalue weighted by Crippen LogP contribution is 2.81. The van der Waals surface area contributed by atoms with Crippen LogP contribution in [0.1, 0.15) is 104 Å². The van der Waals surface area contributed by atoms with Gasteiger partial charge in [0, 0.05) is 43.5 Å². The summed E-state index contributed by atoms with van der Waals surface area (Å²) in [4.78, 5) is 41.9. The molecular weight excluding hydrogens is 1090 g/mol. The van der Waals surface area contributed by atoms with E-state index in [1.54, 1.807) is 65.0 Å². The highest BCUT2D eigenvalue weighted by molar-refractivity contribution is 5.90. The highest BCUT2D eigenvalue weighted by atomic mass is 16.8. The first kappa shape index (κ1) is 62.6. The van der Waals surface area contributed by atoms with Crippen molar-refractivity contribution in [2.24, 2.45) is 22.7 Å². The van der Waals surface area contributed by atoms with Crippen LogP contribution in [-0.4, -0.2) is 232 Å². The average Bonchev–Trinajstić information content (AvgIpc) is 1.46. The lowest BCUT2D eigenvalue weighted by Crippen LogP contribution is -2.69. The van der Waals surface area contributed by atoms with Crippen molar-refractivity contribution >= 4 is 17.7 Å². The van der Waals surface area contributed by atoms with Crippen molar-refractivity contribution in [1.29, 1.82) is 0 Å². The summed E-state index contributed by atoms with van der Waals surface area (Å²) in [6.45, 7) is 11.0. The van der Waals surface area contributed by atoms with E-state index >= 15 is 0 Å². The molecule has 0 radical (unpaired) electrons. The minimum absolute atomic E-state index is 0.0402. The molecular formula is C59H84O24. The third kappa shape index (κ3) is 10.6. The van der Waals surface area contributed by atoms with E-state index in [9.17, 15) is 55.2 Å². The minimum Gasteiger partial charge on any atom is -0.455 e. The fraction of sp³-hybridized carbons (Fsp3) is 0.780. The van der Waals surface area contributed by atoms with Crippen LogP contribution in [0.15, 0.2) is 53.6 Å². The highest BCUT2D eigenvalue weighted by Gasteiger charge is 2.91. The molecule has 2 spiro atoms. The van der Waals surface area contributed by atoms with Crippen molar-refractivity contribution in [2.45, 2.75) is 240 Å². The van der Waals surface area contributed by atoms with Gasteiger partial charge in [-0.3, -0.25) is 4.79 Å². The van der Waals surface area contributed by atoms with E-state index in [1.165, 1.54) is 14.2 Å². The second kappa shape index (κ2) is 24.3. The Hall–Kier alpha value is -3.45. The molecule has 28 atom stereocenters. The van der Waals surface area contributed by atoms with Gasteiger partial charge in [0.05, 0.1) is 43.2 Å². The number of esters is 2. The van der Waals surface area contributed by atoms with Gasteiger partial charge in [0.1, 0.15) is 102 Å². The Kier molecular flexibility index (Phi) is 18.3. The molecule has 0 amide bonds. The van der Waals surface area contributed by atoms with Gasteiger partial charge in [-0.05, 0) is 90.7 Å². The number of ether oxygens (including phenoxy) is 13. The number of hydrogen-bond acceptors (Lipinski definition) is 24. The van der Waals surface area contributed by atoms with Gasteiger partial charge in [-0.1, -0.05) is 49.8 Å². The van der Waals surface area contributed by atoms with Gasteiger partial charge in [0.2, 0.25) is 0 Å². The number of Topliss-reactive ketones (excluding diaryl/α,β-unsaturated/α-hetero) is 1. The molecule has 5 aliphatic heterocycles. The van der Waals surface area contributed by atoms with E-state index in [2.05, 4.69) is 13.0 Å². The van der Waals surface area contributed by atoms with Crippen molar-refractivity contribution in [3.8, 4) is 0 Å². The van der Waals surface area contributed by atoms with E-state index in [0.29, 0.717) is 49.7 Å². The smallest absolute Gasteiger partial charge is 0.338 e. The maximum atomic E-state index is 14.2. The number of aliphatic hydroxyl groups excluding tert-OH is 8. The van der Waals surface area contributed by atoms with Crippen molar-refractivity contribution in [3.05, 3.63) is 59.2 Å². The zero-order valence-corrected chi connectivity index (χ0v) is 48.4. The fourth-order valence-electron chi connectivity index (χ4n) is 15.6. The monoisotopic (exact) mass is 1180 g/mol. The number of fused-ring (bicyclic) bond motifs is 2. The second-order valence-electron chi connectivity index (χ2n) is 24.6.